The summed E-state index contributed by atoms with van der Waals surface area (Å²) in [5, 5.41) is 0. The van der Waals surface area contributed by atoms with Crippen molar-refractivity contribution < 1.29 is 26.7 Å². The van der Waals surface area contributed by atoms with Crippen LogP contribution in [-0.2, 0) is 26.7 Å². The van der Waals surface area contributed by atoms with Gasteiger partial charge < -0.3 is 0 Å². The standard InChI is InChI=1S/C4H7NO2.ClH.Mo/c1-3(5)4(6)7-2;;/h3H,1-2H3;1H;/q+1;;+1/p-1. The first-order chi connectivity index (χ1) is 4.22. The van der Waals surface area contributed by atoms with Gasteiger partial charge in [0, 0.05) is 0 Å². The number of carbonyl (C=O) groups excluding carboxylic acids is 1. The third kappa shape index (κ3) is 3.69. The zero-order valence-electron chi connectivity index (χ0n) is 5.13. The molecule has 0 radical (unpaired) electrons. The molecule has 9 heavy (non-hydrogen) atoms. The van der Waals surface area contributed by atoms with E-state index in [1.807, 2.05) is 0 Å². The second kappa shape index (κ2) is 4.98. The fraction of sp³-hybridized carbons (Fsp3) is 0.750. The molecule has 0 aromatic rings. The van der Waals surface area contributed by atoms with E-state index in [1.165, 1.54) is 7.11 Å². The molecule has 0 rings (SSSR count). The SMILES string of the molecule is COC(=O)C(C)[N+]#[Mo][Cl]. The molecule has 0 saturated carbocycles. The molecule has 0 aromatic carbocycles. The molecule has 0 saturated heterocycles. The molecule has 5 heteroatoms. The zero-order chi connectivity index (χ0) is 7.28. The first-order valence-electron chi connectivity index (χ1n) is 2.28. The van der Waals surface area contributed by atoms with E-state index < -0.39 is 17.2 Å². The monoisotopic (exact) mass is 234 g/mol. The molecule has 0 aromatic heterocycles. The minimum atomic E-state index is -0.824. The number of hydrogen-bond acceptors (Lipinski definition) is 2. The number of methoxy groups -OCH3 is 1. The molecule has 1 atom stereocenters. The molecule has 3 nitrogen and oxygen atoms in total. The first-order valence-corrected chi connectivity index (χ1v) is 5.76. The predicted octanol–water partition coefficient (Wildman–Crippen LogP) is 1.07. The van der Waals surface area contributed by atoms with Crippen molar-refractivity contribution >= 4 is 15.4 Å². The van der Waals surface area contributed by atoms with Gasteiger partial charge in [-0.2, -0.15) is 0 Å². The van der Waals surface area contributed by atoms with E-state index in [2.05, 4.69) is 8.05 Å². The van der Waals surface area contributed by atoms with Crippen LogP contribution in [0.15, 0.2) is 0 Å². The van der Waals surface area contributed by atoms with Gasteiger partial charge in [-0.15, -0.1) is 0 Å². The Morgan fingerprint density at radius 3 is 2.78 bits per heavy atom. The Labute approximate surface area is 65.7 Å². The van der Waals surface area contributed by atoms with Crippen LogP contribution in [0.1, 0.15) is 6.92 Å². The Morgan fingerprint density at radius 1 is 1.89 bits per heavy atom. The molecule has 0 aliphatic heterocycles. The van der Waals surface area contributed by atoms with Gasteiger partial charge in [0.1, 0.15) is 0 Å². The van der Waals surface area contributed by atoms with Crippen molar-refractivity contribution in [3.8, 4) is 0 Å². The van der Waals surface area contributed by atoms with Crippen LogP contribution >= 0.6 is 9.42 Å². The maximum atomic E-state index is 10.5. The Balaban J connectivity index is 3.82. The van der Waals surface area contributed by atoms with Crippen molar-refractivity contribution in [2.75, 3.05) is 7.11 Å². The summed E-state index contributed by atoms with van der Waals surface area (Å²) in [6.07, 6.45) is 0. The van der Waals surface area contributed by atoms with Crippen LogP contribution in [0.2, 0.25) is 0 Å². The topological polar surface area (TPSA) is 30.7 Å². The molecule has 0 aliphatic rings. The average Bonchev–Trinajstić information content (AvgIpc) is 1.87. The third-order valence-corrected chi connectivity index (χ3v) is 2.18. The van der Waals surface area contributed by atoms with Crippen LogP contribution in [-0.4, -0.2) is 19.1 Å². The van der Waals surface area contributed by atoms with Gasteiger partial charge in [-0.25, -0.2) is 0 Å². The molecular formula is C4H7ClMoNO2+. The van der Waals surface area contributed by atoms with Gasteiger partial charge in [-0.05, 0) is 0 Å². The van der Waals surface area contributed by atoms with Crippen LogP contribution in [0.5, 0.6) is 0 Å². The molecule has 0 bridgehead atoms. The molecule has 0 amide bonds. The van der Waals surface area contributed by atoms with Gasteiger partial charge in [-0.1, -0.05) is 0 Å². The van der Waals surface area contributed by atoms with Crippen molar-refractivity contribution in [1.82, 2.24) is 0 Å². The van der Waals surface area contributed by atoms with E-state index in [9.17, 15) is 4.79 Å². The molecule has 1 unspecified atom stereocenters. The fourth-order valence-electron chi connectivity index (χ4n) is 0.273. The summed E-state index contributed by atoms with van der Waals surface area (Å²) in [5.41, 5.74) is 0. The Kier molecular flexibility index (Phi) is 5.07. The second-order valence-corrected chi connectivity index (χ2v) is 3.05. The van der Waals surface area contributed by atoms with Crippen LogP contribution in [0.25, 0.3) is 3.31 Å². The summed E-state index contributed by atoms with van der Waals surface area (Å²) in [6, 6.07) is -0.380. The Bertz CT molecular complexity index is 162. The van der Waals surface area contributed by atoms with E-state index in [0.29, 0.717) is 0 Å². The first kappa shape index (κ1) is 9.16. The third-order valence-electron chi connectivity index (χ3n) is 0.740. The van der Waals surface area contributed by atoms with Crippen LogP contribution < -0.4 is 0 Å². The van der Waals surface area contributed by atoms with Crippen molar-refractivity contribution in [2.24, 2.45) is 0 Å². The second-order valence-electron chi connectivity index (χ2n) is 1.37. The summed E-state index contributed by atoms with van der Waals surface area (Å²) < 4.78 is 8.21. The summed E-state index contributed by atoms with van der Waals surface area (Å²) in [6.45, 7) is 1.67. The molecular weight excluding hydrogens is 225 g/mol. The Hall–Kier alpha value is 0.158. The van der Waals surface area contributed by atoms with E-state index in [0.717, 1.165) is 0 Å². The van der Waals surface area contributed by atoms with Gasteiger partial charge >= 0.3 is 65.5 Å². The summed E-state index contributed by atoms with van der Waals surface area (Å²) in [5.74, 6) is -0.319. The van der Waals surface area contributed by atoms with Gasteiger partial charge in [0.15, 0.2) is 0 Å². The van der Waals surface area contributed by atoms with Crippen molar-refractivity contribution in [2.45, 2.75) is 13.0 Å². The number of ether oxygens (including phenoxy) is 1. The summed E-state index contributed by atoms with van der Waals surface area (Å²) in [4.78, 5) is 10.5. The van der Waals surface area contributed by atoms with E-state index >= 15 is 0 Å². The summed E-state index contributed by atoms with van der Waals surface area (Å²) >= 11 is -0.824. The van der Waals surface area contributed by atoms with E-state index in [4.69, 9.17) is 9.42 Å². The van der Waals surface area contributed by atoms with Crippen LogP contribution in [0.3, 0.4) is 0 Å². The van der Waals surface area contributed by atoms with Gasteiger partial charge in [0.2, 0.25) is 0 Å². The predicted molar refractivity (Wildman–Crippen MR) is 30.7 cm³/mol. The van der Waals surface area contributed by atoms with Gasteiger partial charge in [0.05, 0.1) is 0 Å². The molecule has 0 fully saturated rings. The number of rotatable bonds is 1. The number of hydrogen-bond donors (Lipinski definition) is 0. The van der Waals surface area contributed by atoms with Crippen molar-refractivity contribution in [1.29, 1.82) is 0 Å². The van der Waals surface area contributed by atoms with E-state index in [1.54, 1.807) is 6.92 Å². The summed E-state index contributed by atoms with van der Waals surface area (Å²) in [7, 11) is 6.69. The minimum absolute atomic E-state index is 0.319. The van der Waals surface area contributed by atoms with Gasteiger partial charge in [-0.3, -0.25) is 0 Å². The molecule has 0 aliphatic carbocycles. The number of halogens is 1. The molecule has 0 heterocycles. The van der Waals surface area contributed by atoms with Crippen molar-refractivity contribution in [3.63, 3.8) is 0 Å². The van der Waals surface area contributed by atoms with Gasteiger partial charge in [0.25, 0.3) is 0 Å². The van der Waals surface area contributed by atoms with E-state index in [-0.39, 0.29) is 12.0 Å². The number of nitrogens with zero attached hydrogens (tertiary/aromatic N) is 1. The average molecular weight is 232 g/mol. The molecule has 0 spiro atoms. The number of esters is 1. The quantitative estimate of drug-likeness (QED) is 0.500. The number of carbonyl (C=O) groups is 1. The van der Waals surface area contributed by atoms with Crippen LogP contribution in [0.4, 0.5) is 0 Å². The Morgan fingerprint density at radius 2 is 2.44 bits per heavy atom. The normalized spacial score (nSPS) is 11.4. The van der Waals surface area contributed by atoms with Crippen LogP contribution in [0, 0.1) is 0 Å². The molecule has 0 N–H and O–H groups in total. The van der Waals surface area contributed by atoms with Crippen molar-refractivity contribution in [3.05, 3.63) is 3.31 Å². The molecule has 52 valence electrons. The zero-order valence-corrected chi connectivity index (χ0v) is 7.89. The maximum absolute atomic E-state index is 10.5. The fourth-order valence-corrected chi connectivity index (χ4v) is 1.49.